The van der Waals surface area contributed by atoms with Gasteiger partial charge in [0.25, 0.3) is 5.56 Å². The molecule has 2 aromatic heterocycles. The second-order valence-electron chi connectivity index (χ2n) is 5.34. The third kappa shape index (κ3) is 1.73. The van der Waals surface area contributed by atoms with Crippen molar-refractivity contribution in [2.45, 2.75) is 50.1 Å². The molecular formula is C14H16FN3O2S. The van der Waals surface area contributed by atoms with Crippen molar-refractivity contribution >= 4 is 21.8 Å². The fraction of sp³-hybridized carbons (Fsp3) is 0.500. The summed E-state index contributed by atoms with van der Waals surface area (Å²) in [6.45, 7) is 1.55. The van der Waals surface area contributed by atoms with Crippen molar-refractivity contribution in [3.05, 3.63) is 27.9 Å². The minimum Gasteiger partial charge on any atom is -0.286 e. The van der Waals surface area contributed by atoms with E-state index >= 15 is 0 Å². The van der Waals surface area contributed by atoms with Crippen LogP contribution in [-0.4, -0.2) is 24.0 Å². The Hall–Kier alpha value is -1.63. The second-order valence-corrected chi connectivity index (χ2v) is 6.90. The van der Waals surface area contributed by atoms with Gasteiger partial charge in [-0.25, -0.2) is 14.4 Å². The average Bonchev–Trinajstić information content (AvgIpc) is 2.90. The standard InChI is InChI=1S/C13H12FN3O2S.CH4/c1-6-7-5-15-13-16-11(7)17(12(18)10(6)14)8-3-2-4-9(8)20(13)19;/h5,8-9H,2-4H2,1H3;1H4. The predicted octanol–water partition coefficient (Wildman–Crippen LogP) is 2.09. The van der Waals surface area contributed by atoms with Crippen molar-refractivity contribution in [3.8, 4) is 0 Å². The molecule has 0 saturated heterocycles. The smallest absolute Gasteiger partial charge is 0.286 e. The SMILES string of the molecule is C.Cc1c(F)c(=O)n2c3nc(ncc13)S(=O)C1CCCC12. The van der Waals surface area contributed by atoms with Gasteiger partial charge in [0.15, 0.2) is 5.82 Å². The molecule has 112 valence electrons. The van der Waals surface area contributed by atoms with Crippen molar-refractivity contribution in [1.82, 2.24) is 14.5 Å². The van der Waals surface area contributed by atoms with Gasteiger partial charge in [-0.1, -0.05) is 13.8 Å². The molecule has 1 aliphatic heterocycles. The van der Waals surface area contributed by atoms with Gasteiger partial charge in [-0.15, -0.1) is 0 Å². The molecule has 1 aliphatic carbocycles. The molecule has 3 atom stereocenters. The van der Waals surface area contributed by atoms with Crippen LogP contribution in [0, 0.1) is 12.7 Å². The molecule has 1 fully saturated rings. The number of hydrogen-bond acceptors (Lipinski definition) is 4. The van der Waals surface area contributed by atoms with Gasteiger partial charge in [-0.3, -0.25) is 13.6 Å². The molecule has 1 saturated carbocycles. The maximum Gasteiger partial charge on any atom is 0.288 e. The van der Waals surface area contributed by atoms with Crippen molar-refractivity contribution in [2.24, 2.45) is 0 Å². The number of hydrogen-bond donors (Lipinski definition) is 0. The quantitative estimate of drug-likeness (QED) is 0.699. The monoisotopic (exact) mass is 309 g/mol. The van der Waals surface area contributed by atoms with Crippen LogP contribution < -0.4 is 5.56 Å². The summed E-state index contributed by atoms with van der Waals surface area (Å²) in [5.74, 6) is -0.757. The van der Waals surface area contributed by atoms with E-state index in [1.807, 2.05) is 0 Å². The molecule has 2 aromatic rings. The molecule has 0 N–H and O–H groups in total. The largest absolute Gasteiger partial charge is 0.288 e. The summed E-state index contributed by atoms with van der Waals surface area (Å²) in [5, 5.41) is 0.583. The highest BCUT2D eigenvalue weighted by Gasteiger charge is 2.39. The van der Waals surface area contributed by atoms with E-state index in [4.69, 9.17) is 0 Å². The Morgan fingerprint density at radius 3 is 2.95 bits per heavy atom. The lowest BCUT2D eigenvalue weighted by molar-refractivity contribution is 0.491. The van der Waals surface area contributed by atoms with Crippen LogP contribution in [0.4, 0.5) is 4.39 Å². The number of fused-ring (bicyclic) bond motifs is 3. The first-order valence-corrected chi connectivity index (χ1v) is 7.79. The van der Waals surface area contributed by atoms with E-state index in [1.165, 1.54) is 10.8 Å². The van der Waals surface area contributed by atoms with E-state index in [0.717, 1.165) is 19.3 Å². The lowest BCUT2D eigenvalue weighted by atomic mass is 10.1. The Kier molecular flexibility index (Phi) is 3.20. The lowest BCUT2D eigenvalue weighted by Crippen LogP contribution is -2.32. The van der Waals surface area contributed by atoms with Crippen molar-refractivity contribution in [1.29, 1.82) is 0 Å². The molecule has 3 heterocycles. The van der Waals surface area contributed by atoms with E-state index in [1.54, 1.807) is 6.92 Å². The molecular weight excluding hydrogens is 293 g/mol. The first-order chi connectivity index (χ1) is 9.59. The number of rotatable bonds is 0. The fourth-order valence-electron chi connectivity index (χ4n) is 3.28. The Balaban J connectivity index is 0.00000132. The summed E-state index contributed by atoms with van der Waals surface area (Å²) >= 11 is 0. The minimum absolute atomic E-state index is 0. The van der Waals surface area contributed by atoms with Crippen LogP contribution >= 0.6 is 0 Å². The lowest BCUT2D eigenvalue weighted by Gasteiger charge is -2.19. The van der Waals surface area contributed by atoms with E-state index in [9.17, 15) is 13.4 Å². The van der Waals surface area contributed by atoms with E-state index in [2.05, 4.69) is 9.97 Å². The molecule has 0 radical (unpaired) electrons. The molecule has 0 amide bonds. The number of aromatic nitrogens is 3. The third-order valence-electron chi connectivity index (χ3n) is 4.32. The highest BCUT2D eigenvalue weighted by atomic mass is 32.2. The van der Waals surface area contributed by atoms with Gasteiger partial charge < -0.3 is 0 Å². The molecule has 0 aromatic carbocycles. The van der Waals surface area contributed by atoms with Crippen molar-refractivity contribution in [2.75, 3.05) is 0 Å². The van der Waals surface area contributed by atoms with Gasteiger partial charge in [-0.2, -0.15) is 0 Å². The first kappa shape index (κ1) is 14.3. The van der Waals surface area contributed by atoms with Gasteiger partial charge in [-0.05, 0) is 19.8 Å². The van der Waals surface area contributed by atoms with E-state index < -0.39 is 22.2 Å². The van der Waals surface area contributed by atoms with Crippen LogP contribution in [-0.2, 0) is 10.8 Å². The zero-order valence-corrected chi connectivity index (χ0v) is 11.6. The second kappa shape index (κ2) is 4.69. The molecule has 3 unspecified atom stereocenters. The van der Waals surface area contributed by atoms with Crippen LogP contribution in [0.2, 0.25) is 0 Å². The average molecular weight is 309 g/mol. The van der Waals surface area contributed by atoms with Crippen LogP contribution in [0.15, 0.2) is 16.1 Å². The fourth-order valence-corrected chi connectivity index (χ4v) is 4.81. The van der Waals surface area contributed by atoms with Crippen LogP contribution in [0.5, 0.6) is 0 Å². The minimum atomic E-state index is -1.33. The van der Waals surface area contributed by atoms with E-state index in [0.29, 0.717) is 11.0 Å². The highest BCUT2D eigenvalue weighted by molar-refractivity contribution is 7.85. The van der Waals surface area contributed by atoms with Gasteiger partial charge in [0.05, 0.1) is 22.1 Å². The van der Waals surface area contributed by atoms with Gasteiger partial charge in [0.2, 0.25) is 5.16 Å². The van der Waals surface area contributed by atoms with Gasteiger partial charge >= 0.3 is 0 Å². The summed E-state index contributed by atoms with van der Waals surface area (Å²) in [7, 11) is -1.33. The van der Waals surface area contributed by atoms with Crippen molar-refractivity contribution < 1.29 is 8.60 Å². The van der Waals surface area contributed by atoms with Crippen LogP contribution in [0.3, 0.4) is 0 Å². The Morgan fingerprint density at radius 2 is 2.19 bits per heavy atom. The van der Waals surface area contributed by atoms with Crippen LogP contribution in [0.25, 0.3) is 11.0 Å². The van der Waals surface area contributed by atoms with Gasteiger partial charge in [0, 0.05) is 17.1 Å². The summed E-state index contributed by atoms with van der Waals surface area (Å²) in [5.41, 5.74) is 0.0205. The Morgan fingerprint density at radius 1 is 1.43 bits per heavy atom. The predicted molar refractivity (Wildman–Crippen MR) is 78.3 cm³/mol. The third-order valence-corrected chi connectivity index (χ3v) is 5.98. The summed E-state index contributed by atoms with van der Waals surface area (Å²) in [6, 6.07) is -0.241. The number of aryl methyl sites for hydroxylation is 1. The van der Waals surface area contributed by atoms with Crippen LogP contribution in [0.1, 0.15) is 38.3 Å². The topological polar surface area (TPSA) is 64.8 Å². The number of pyridine rings is 1. The molecule has 4 rings (SSSR count). The highest BCUT2D eigenvalue weighted by Crippen LogP contribution is 2.38. The molecule has 2 aliphatic rings. The molecule has 5 nitrogen and oxygen atoms in total. The maximum atomic E-state index is 14.2. The number of halogens is 1. The summed E-state index contributed by atoms with van der Waals surface area (Å²) < 4.78 is 28.1. The Bertz CT molecular complexity index is 833. The van der Waals surface area contributed by atoms with Crippen molar-refractivity contribution in [3.63, 3.8) is 0 Å². The summed E-state index contributed by atoms with van der Waals surface area (Å²) in [4.78, 5) is 20.7. The first-order valence-electron chi connectivity index (χ1n) is 6.57. The van der Waals surface area contributed by atoms with E-state index in [-0.39, 0.29) is 29.4 Å². The molecule has 2 bridgehead atoms. The molecule has 21 heavy (non-hydrogen) atoms. The maximum absolute atomic E-state index is 14.2. The zero-order valence-electron chi connectivity index (χ0n) is 10.8. The number of nitrogens with zero attached hydrogens (tertiary/aromatic N) is 3. The molecule has 0 spiro atoms. The molecule has 7 heteroatoms. The normalized spacial score (nSPS) is 26.5. The summed E-state index contributed by atoms with van der Waals surface area (Å²) in [6.07, 6.45) is 3.84. The van der Waals surface area contributed by atoms with Gasteiger partial charge in [0.1, 0.15) is 5.65 Å². The zero-order chi connectivity index (χ0) is 14.0. The Labute approximate surface area is 123 Å².